The third kappa shape index (κ3) is 3.27. The summed E-state index contributed by atoms with van der Waals surface area (Å²) >= 11 is 0. The van der Waals surface area contributed by atoms with Crippen LogP contribution in [0.4, 0.5) is 0 Å². The van der Waals surface area contributed by atoms with Crippen LogP contribution in [-0.4, -0.2) is 53.0 Å². The van der Waals surface area contributed by atoms with Crippen molar-refractivity contribution in [2.24, 2.45) is 5.92 Å². The van der Waals surface area contributed by atoms with E-state index in [1.54, 1.807) is 0 Å². The fourth-order valence-electron chi connectivity index (χ4n) is 4.40. The van der Waals surface area contributed by atoms with Crippen molar-refractivity contribution in [2.45, 2.75) is 46.6 Å². The molecule has 1 saturated heterocycles. The lowest BCUT2D eigenvalue weighted by atomic mass is 10.1. The lowest BCUT2D eigenvalue weighted by Gasteiger charge is -2.22. The summed E-state index contributed by atoms with van der Waals surface area (Å²) in [6.45, 7) is 12.6. The van der Waals surface area contributed by atoms with E-state index in [-0.39, 0.29) is 5.91 Å². The van der Waals surface area contributed by atoms with E-state index in [4.69, 9.17) is 0 Å². The second-order valence-corrected chi connectivity index (χ2v) is 8.08. The maximum Gasteiger partial charge on any atom is 0.253 e. The molecule has 1 saturated carbocycles. The SMILES string of the molecule is CCn1c(C)c(C)c2cc(C(=O)N3CCCN(CC4CC4)CC3)ccc21. The van der Waals surface area contributed by atoms with Crippen LogP contribution in [0.15, 0.2) is 18.2 Å². The summed E-state index contributed by atoms with van der Waals surface area (Å²) in [6, 6.07) is 6.25. The molecule has 2 aromatic rings. The van der Waals surface area contributed by atoms with Gasteiger partial charge < -0.3 is 14.4 Å². The molecular formula is C22H31N3O. The molecule has 1 amide bonds. The minimum atomic E-state index is 0.196. The molecule has 2 fully saturated rings. The van der Waals surface area contributed by atoms with Crippen LogP contribution in [0.2, 0.25) is 0 Å². The Morgan fingerprint density at radius 2 is 1.92 bits per heavy atom. The van der Waals surface area contributed by atoms with Gasteiger partial charge in [0.2, 0.25) is 0 Å². The standard InChI is InChI=1S/C22H31N3O/c1-4-25-17(3)16(2)20-14-19(8-9-21(20)25)22(26)24-11-5-10-23(12-13-24)15-18-6-7-18/h8-9,14,18H,4-7,10-13,15H2,1-3H3. The highest BCUT2D eigenvalue weighted by Gasteiger charge is 2.26. The largest absolute Gasteiger partial charge is 0.345 e. The number of benzene rings is 1. The maximum absolute atomic E-state index is 13.1. The second-order valence-electron chi connectivity index (χ2n) is 8.08. The zero-order valence-electron chi connectivity index (χ0n) is 16.4. The molecule has 0 atom stereocenters. The molecule has 0 unspecified atom stereocenters. The van der Waals surface area contributed by atoms with E-state index in [1.165, 1.54) is 41.5 Å². The molecule has 1 aromatic carbocycles. The van der Waals surface area contributed by atoms with Crippen LogP contribution in [0, 0.1) is 19.8 Å². The first kappa shape index (κ1) is 17.6. The first-order valence-electron chi connectivity index (χ1n) is 10.2. The van der Waals surface area contributed by atoms with Gasteiger partial charge in [-0.25, -0.2) is 0 Å². The van der Waals surface area contributed by atoms with Crippen LogP contribution in [0.3, 0.4) is 0 Å². The molecule has 1 aliphatic heterocycles. The predicted molar refractivity (Wildman–Crippen MR) is 107 cm³/mol. The van der Waals surface area contributed by atoms with E-state index in [0.29, 0.717) is 0 Å². The van der Waals surface area contributed by atoms with Crippen molar-refractivity contribution in [3.05, 3.63) is 35.0 Å². The monoisotopic (exact) mass is 353 g/mol. The number of nitrogens with zero attached hydrogens (tertiary/aromatic N) is 3. The molecule has 4 nitrogen and oxygen atoms in total. The molecule has 4 rings (SSSR count). The van der Waals surface area contributed by atoms with Crippen molar-refractivity contribution in [2.75, 3.05) is 32.7 Å². The van der Waals surface area contributed by atoms with Gasteiger partial charge in [-0.3, -0.25) is 4.79 Å². The number of carbonyl (C=O) groups excluding carboxylic acids is 1. The van der Waals surface area contributed by atoms with Crippen molar-refractivity contribution in [1.82, 2.24) is 14.4 Å². The van der Waals surface area contributed by atoms with Gasteiger partial charge >= 0.3 is 0 Å². The second kappa shape index (κ2) is 7.07. The molecule has 0 spiro atoms. The molecule has 0 bridgehead atoms. The molecule has 2 heterocycles. The average molecular weight is 354 g/mol. The molecule has 140 valence electrons. The Labute approximate surface area is 156 Å². The maximum atomic E-state index is 13.1. The number of rotatable bonds is 4. The Kier molecular flexibility index (Phi) is 4.78. The van der Waals surface area contributed by atoms with Gasteiger partial charge in [0, 0.05) is 54.9 Å². The first-order valence-corrected chi connectivity index (χ1v) is 10.2. The van der Waals surface area contributed by atoms with Gasteiger partial charge in [0.15, 0.2) is 0 Å². The van der Waals surface area contributed by atoms with E-state index in [9.17, 15) is 4.79 Å². The van der Waals surface area contributed by atoms with Crippen LogP contribution in [-0.2, 0) is 6.54 Å². The number of hydrogen-bond donors (Lipinski definition) is 0. The fourth-order valence-corrected chi connectivity index (χ4v) is 4.40. The smallest absolute Gasteiger partial charge is 0.253 e. The van der Waals surface area contributed by atoms with Gasteiger partial charge in [-0.2, -0.15) is 0 Å². The number of aryl methyl sites for hydroxylation is 2. The Morgan fingerprint density at radius 1 is 1.12 bits per heavy atom. The number of amides is 1. The summed E-state index contributed by atoms with van der Waals surface area (Å²) in [5.74, 6) is 1.12. The summed E-state index contributed by atoms with van der Waals surface area (Å²) in [6.07, 6.45) is 3.88. The molecule has 0 N–H and O–H groups in total. The van der Waals surface area contributed by atoms with Gasteiger partial charge in [-0.1, -0.05) is 0 Å². The van der Waals surface area contributed by atoms with Crippen LogP contribution < -0.4 is 0 Å². The summed E-state index contributed by atoms with van der Waals surface area (Å²) in [5, 5.41) is 1.22. The summed E-state index contributed by atoms with van der Waals surface area (Å²) in [7, 11) is 0. The third-order valence-corrected chi connectivity index (χ3v) is 6.29. The minimum Gasteiger partial charge on any atom is -0.345 e. The van der Waals surface area contributed by atoms with Gasteiger partial charge in [0.1, 0.15) is 0 Å². The first-order chi connectivity index (χ1) is 12.6. The highest BCUT2D eigenvalue weighted by Crippen LogP contribution is 2.30. The van der Waals surface area contributed by atoms with Crippen molar-refractivity contribution in [3.63, 3.8) is 0 Å². The van der Waals surface area contributed by atoms with E-state index in [2.05, 4.69) is 47.3 Å². The number of aromatic nitrogens is 1. The van der Waals surface area contributed by atoms with Crippen molar-refractivity contribution < 1.29 is 4.79 Å². The van der Waals surface area contributed by atoms with Crippen LogP contribution in [0.25, 0.3) is 10.9 Å². The Bertz CT molecular complexity index is 818. The predicted octanol–water partition coefficient (Wildman–Crippen LogP) is 3.84. The highest BCUT2D eigenvalue weighted by molar-refractivity contribution is 5.99. The lowest BCUT2D eigenvalue weighted by molar-refractivity contribution is 0.0761. The molecule has 4 heteroatoms. The van der Waals surface area contributed by atoms with E-state index in [0.717, 1.165) is 50.6 Å². The van der Waals surface area contributed by atoms with Gasteiger partial charge in [-0.05, 0) is 76.3 Å². The summed E-state index contributed by atoms with van der Waals surface area (Å²) in [5.41, 5.74) is 4.68. The number of hydrogen-bond acceptors (Lipinski definition) is 2. The topological polar surface area (TPSA) is 28.5 Å². The zero-order valence-corrected chi connectivity index (χ0v) is 16.4. The lowest BCUT2D eigenvalue weighted by Crippen LogP contribution is -2.35. The fraction of sp³-hybridized carbons (Fsp3) is 0.591. The molecule has 26 heavy (non-hydrogen) atoms. The normalized spacial score (nSPS) is 19.1. The molecule has 2 aliphatic rings. The summed E-state index contributed by atoms with van der Waals surface area (Å²) in [4.78, 5) is 17.7. The molecule has 1 aromatic heterocycles. The van der Waals surface area contributed by atoms with Crippen molar-refractivity contribution >= 4 is 16.8 Å². The summed E-state index contributed by atoms with van der Waals surface area (Å²) < 4.78 is 2.33. The number of fused-ring (bicyclic) bond motifs is 1. The quantitative estimate of drug-likeness (QED) is 0.836. The van der Waals surface area contributed by atoms with Gasteiger partial charge in [-0.15, -0.1) is 0 Å². The van der Waals surface area contributed by atoms with Crippen molar-refractivity contribution in [3.8, 4) is 0 Å². The van der Waals surface area contributed by atoms with Crippen LogP contribution in [0.5, 0.6) is 0 Å². The third-order valence-electron chi connectivity index (χ3n) is 6.29. The molecular weight excluding hydrogens is 322 g/mol. The molecule has 0 radical (unpaired) electrons. The zero-order chi connectivity index (χ0) is 18.3. The van der Waals surface area contributed by atoms with E-state index >= 15 is 0 Å². The van der Waals surface area contributed by atoms with E-state index in [1.807, 2.05) is 6.07 Å². The Hall–Kier alpha value is -1.81. The van der Waals surface area contributed by atoms with Crippen LogP contribution >= 0.6 is 0 Å². The van der Waals surface area contributed by atoms with Gasteiger partial charge in [0.25, 0.3) is 5.91 Å². The molecule has 1 aliphatic carbocycles. The van der Waals surface area contributed by atoms with E-state index < -0.39 is 0 Å². The van der Waals surface area contributed by atoms with Crippen molar-refractivity contribution in [1.29, 1.82) is 0 Å². The average Bonchev–Trinajstić information content (AvgIpc) is 3.46. The van der Waals surface area contributed by atoms with Crippen LogP contribution in [0.1, 0.15) is 47.8 Å². The Morgan fingerprint density at radius 3 is 2.65 bits per heavy atom. The highest BCUT2D eigenvalue weighted by atomic mass is 16.2. The Balaban J connectivity index is 1.53. The number of carbonyl (C=O) groups is 1. The van der Waals surface area contributed by atoms with Gasteiger partial charge in [0.05, 0.1) is 0 Å². The minimum absolute atomic E-state index is 0.196.